The van der Waals surface area contributed by atoms with E-state index < -0.39 is 24.4 Å². The number of aromatic nitrogens is 1. The van der Waals surface area contributed by atoms with E-state index in [0.29, 0.717) is 16.0 Å². The standard InChI is InChI=1S/C13H19BClNO3/c1-8(17)9-6-16-7-10(11(9)15)14-18-12(2,3)13(4,5)19-14/h6-8,17H,1-5H3. The molecule has 0 spiro atoms. The van der Waals surface area contributed by atoms with Crippen molar-refractivity contribution in [1.29, 1.82) is 0 Å². The number of nitrogens with zero attached hydrogens (tertiary/aromatic N) is 1. The van der Waals surface area contributed by atoms with Gasteiger partial charge in [-0.1, -0.05) is 11.6 Å². The Morgan fingerprint density at radius 1 is 1.21 bits per heavy atom. The van der Waals surface area contributed by atoms with Crippen molar-refractivity contribution in [3.05, 3.63) is 23.0 Å². The number of hydrogen-bond acceptors (Lipinski definition) is 4. The van der Waals surface area contributed by atoms with Gasteiger partial charge in [-0.2, -0.15) is 0 Å². The molecule has 1 aliphatic rings. The average molecular weight is 284 g/mol. The molecule has 1 atom stereocenters. The van der Waals surface area contributed by atoms with Crippen LogP contribution in [-0.4, -0.2) is 28.4 Å². The van der Waals surface area contributed by atoms with Crippen molar-refractivity contribution in [3.8, 4) is 0 Å². The highest BCUT2D eigenvalue weighted by Gasteiger charge is 2.52. The first-order chi connectivity index (χ1) is 8.66. The molecular formula is C13H19BClNO3. The summed E-state index contributed by atoms with van der Waals surface area (Å²) in [6.07, 6.45) is 2.50. The molecule has 104 valence electrons. The molecule has 0 aromatic carbocycles. The Morgan fingerprint density at radius 3 is 2.21 bits per heavy atom. The number of rotatable bonds is 2. The fourth-order valence-electron chi connectivity index (χ4n) is 1.90. The highest BCUT2D eigenvalue weighted by Crippen LogP contribution is 2.37. The van der Waals surface area contributed by atoms with Gasteiger partial charge in [-0.3, -0.25) is 4.98 Å². The van der Waals surface area contributed by atoms with Gasteiger partial charge in [0, 0.05) is 28.4 Å². The molecule has 0 saturated carbocycles. The minimum Gasteiger partial charge on any atom is -0.399 e. The summed E-state index contributed by atoms with van der Waals surface area (Å²) in [5, 5.41) is 10.1. The monoisotopic (exact) mass is 283 g/mol. The maximum absolute atomic E-state index is 9.67. The molecule has 1 fully saturated rings. The van der Waals surface area contributed by atoms with E-state index in [4.69, 9.17) is 20.9 Å². The predicted molar refractivity (Wildman–Crippen MR) is 75.6 cm³/mol. The molecule has 1 aromatic rings. The van der Waals surface area contributed by atoms with Crippen LogP contribution in [0.3, 0.4) is 0 Å². The van der Waals surface area contributed by atoms with Gasteiger partial charge in [0.15, 0.2) is 0 Å². The normalized spacial score (nSPS) is 22.6. The Kier molecular flexibility index (Phi) is 3.69. The lowest BCUT2D eigenvalue weighted by molar-refractivity contribution is 0.00578. The summed E-state index contributed by atoms with van der Waals surface area (Å²) in [5.41, 5.74) is 0.372. The number of aliphatic hydroxyl groups excluding tert-OH is 1. The van der Waals surface area contributed by atoms with Crippen LogP contribution in [0.2, 0.25) is 5.02 Å². The second-order valence-corrected chi connectivity index (χ2v) is 6.27. The summed E-state index contributed by atoms with van der Waals surface area (Å²) in [4.78, 5) is 4.10. The number of pyridine rings is 1. The second kappa shape index (κ2) is 4.74. The first-order valence-electron chi connectivity index (χ1n) is 6.33. The van der Waals surface area contributed by atoms with E-state index >= 15 is 0 Å². The van der Waals surface area contributed by atoms with Gasteiger partial charge in [-0.25, -0.2) is 0 Å². The highest BCUT2D eigenvalue weighted by atomic mass is 35.5. The van der Waals surface area contributed by atoms with Gasteiger partial charge in [-0.05, 0) is 34.6 Å². The van der Waals surface area contributed by atoms with Crippen LogP contribution in [0.5, 0.6) is 0 Å². The van der Waals surface area contributed by atoms with Gasteiger partial charge < -0.3 is 14.4 Å². The molecule has 1 N–H and O–H groups in total. The third kappa shape index (κ3) is 2.52. The molecule has 2 rings (SSSR count). The van der Waals surface area contributed by atoms with Crippen LogP contribution < -0.4 is 5.46 Å². The van der Waals surface area contributed by atoms with Crippen molar-refractivity contribution in [2.24, 2.45) is 0 Å². The second-order valence-electron chi connectivity index (χ2n) is 5.90. The Labute approximate surface area is 119 Å². The van der Waals surface area contributed by atoms with Crippen LogP contribution in [0.15, 0.2) is 12.4 Å². The summed E-state index contributed by atoms with van der Waals surface area (Å²) in [7, 11) is -0.566. The molecule has 1 unspecified atom stereocenters. The van der Waals surface area contributed by atoms with Gasteiger partial charge in [0.1, 0.15) is 0 Å². The van der Waals surface area contributed by atoms with E-state index in [9.17, 15) is 5.11 Å². The van der Waals surface area contributed by atoms with Crippen molar-refractivity contribution in [3.63, 3.8) is 0 Å². The predicted octanol–water partition coefficient (Wildman–Crippen LogP) is 2.09. The maximum atomic E-state index is 9.67. The van der Waals surface area contributed by atoms with Gasteiger partial charge in [0.05, 0.1) is 17.3 Å². The topological polar surface area (TPSA) is 51.6 Å². The van der Waals surface area contributed by atoms with E-state index in [1.165, 1.54) is 0 Å². The Hall–Kier alpha value is -0.615. The fourth-order valence-corrected chi connectivity index (χ4v) is 2.25. The summed E-state index contributed by atoms with van der Waals surface area (Å²) >= 11 is 6.31. The van der Waals surface area contributed by atoms with Gasteiger partial charge in [-0.15, -0.1) is 0 Å². The largest absolute Gasteiger partial charge is 0.497 e. The Morgan fingerprint density at radius 2 is 1.74 bits per heavy atom. The van der Waals surface area contributed by atoms with Crippen LogP contribution in [0, 0.1) is 0 Å². The minimum atomic E-state index is -0.678. The van der Waals surface area contributed by atoms with Crippen LogP contribution >= 0.6 is 11.6 Å². The maximum Gasteiger partial charge on any atom is 0.497 e. The molecule has 0 aliphatic carbocycles. The van der Waals surface area contributed by atoms with Gasteiger partial charge in [0.25, 0.3) is 0 Å². The molecule has 0 radical (unpaired) electrons. The van der Waals surface area contributed by atoms with Crippen LogP contribution in [0.1, 0.15) is 46.3 Å². The van der Waals surface area contributed by atoms with Crippen molar-refractivity contribution >= 4 is 24.2 Å². The lowest BCUT2D eigenvalue weighted by Crippen LogP contribution is -2.41. The van der Waals surface area contributed by atoms with E-state index in [2.05, 4.69) is 4.98 Å². The van der Waals surface area contributed by atoms with E-state index in [0.717, 1.165) is 0 Å². The third-order valence-corrected chi connectivity index (χ3v) is 4.33. The molecule has 1 saturated heterocycles. The Balaban J connectivity index is 2.38. The van der Waals surface area contributed by atoms with E-state index in [1.807, 2.05) is 27.7 Å². The summed E-state index contributed by atoms with van der Waals surface area (Å²) in [6.45, 7) is 9.57. The van der Waals surface area contributed by atoms with Crippen molar-refractivity contribution in [2.75, 3.05) is 0 Å². The van der Waals surface area contributed by atoms with Crippen molar-refractivity contribution < 1.29 is 14.4 Å². The molecule has 0 bridgehead atoms. The summed E-state index contributed by atoms with van der Waals surface area (Å²) in [5.74, 6) is 0. The highest BCUT2D eigenvalue weighted by molar-refractivity contribution is 6.65. The lowest BCUT2D eigenvalue weighted by Gasteiger charge is -2.32. The first-order valence-corrected chi connectivity index (χ1v) is 6.70. The smallest absolute Gasteiger partial charge is 0.399 e. The first kappa shape index (κ1) is 14.8. The van der Waals surface area contributed by atoms with Crippen molar-refractivity contribution in [2.45, 2.75) is 51.9 Å². The molecule has 1 aliphatic heterocycles. The molecule has 4 nitrogen and oxygen atoms in total. The zero-order valence-electron chi connectivity index (χ0n) is 11.9. The summed E-state index contributed by atoms with van der Waals surface area (Å²) in [6, 6.07) is 0. The minimum absolute atomic E-state index is 0.429. The van der Waals surface area contributed by atoms with E-state index in [1.54, 1.807) is 19.3 Å². The molecular weight excluding hydrogens is 264 g/mol. The van der Waals surface area contributed by atoms with Gasteiger partial charge >= 0.3 is 7.12 Å². The van der Waals surface area contributed by atoms with Crippen molar-refractivity contribution in [1.82, 2.24) is 4.98 Å². The van der Waals surface area contributed by atoms with Crippen LogP contribution in [0.25, 0.3) is 0 Å². The average Bonchev–Trinajstić information content (AvgIpc) is 2.47. The zero-order valence-corrected chi connectivity index (χ0v) is 12.7. The van der Waals surface area contributed by atoms with Gasteiger partial charge in [0.2, 0.25) is 0 Å². The zero-order chi connectivity index (χ0) is 14.4. The summed E-state index contributed by atoms with van der Waals surface area (Å²) < 4.78 is 11.9. The number of hydrogen-bond donors (Lipinski definition) is 1. The fraction of sp³-hybridized carbons (Fsp3) is 0.615. The Bertz CT molecular complexity index is 475. The quantitative estimate of drug-likeness (QED) is 0.845. The number of aliphatic hydroxyl groups is 1. The molecule has 6 heteroatoms. The molecule has 19 heavy (non-hydrogen) atoms. The third-order valence-electron chi connectivity index (χ3n) is 3.89. The van der Waals surface area contributed by atoms with E-state index in [-0.39, 0.29) is 0 Å². The SMILES string of the molecule is CC(O)c1cncc(B2OC(C)(C)C(C)(C)O2)c1Cl. The van der Waals surface area contributed by atoms with Crippen LogP contribution in [0.4, 0.5) is 0 Å². The lowest BCUT2D eigenvalue weighted by atomic mass is 9.79. The molecule has 1 aromatic heterocycles. The molecule has 2 heterocycles. The molecule has 0 amide bonds. The number of halogens is 1. The van der Waals surface area contributed by atoms with Crippen LogP contribution in [-0.2, 0) is 9.31 Å².